The lowest BCUT2D eigenvalue weighted by molar-refractivity contribution is -0.138. The lowest BCUT2D eigenvalue weighted by atomic mass is 9.90. The molecule has 2 aromatic carbocycles. The van der Waals surface area contributed by atoms with Gasteiger partial charge in [-0.05, 0) is 35.3 Å². The van der Waals surface area contributed by atoms with Gasteiger partial charge in [0.1, 0.15) is 11.6 Å². The minimum atomic E-state index is -0.630. The maximum atomic E-state index is 12.9. The first-order chi connectivity index (χ1) is 14.1. The van der Waals surface area contributed by atoms with Crippen molar-refractivity contribution in [2.75, 3.05) is 6.61 Å². The van der Waals surface area contributed by atoms with Crippen molar-refractivity contribution >= 4 is 23.4 Å². The largest absolute Gasteiger partial charge is 0.461 e. The molecule has 1 atom stereocenters. The van der Waals surface area contributed by atoms with Crippen LogP contribution in [0.1, 0.15) is 61.0 Å². The number of hydrogen-bond donors (Lipinski definition) is 0. The van der Waals surface area contributed by atoms with Gasteiger partial charge in [0, 0.05) is 16.3 Å². The predicted molar refractivity (Wildman–Crippen MR) is 112 cm³/mol. The summed E-state index contributed by atoms with van der Waals surface area (Å²) in [5.41, 5.74) is 1.93. The third-order valence-electron chi connectivity index (χ3n) is 5.41. The van der Waals surface area contributed by atoms with Gasteiger partial charge in [0.25, 0.3) is 0 Å². The molecule has 0 saturated heterocycles. The number of rotatable bonds is 7. The smallest absolute Gasteiger partial charge is 0.349 e. The summed E-state index contributed by atoms with van der Waals surface area (Å²) < 4.78 is 5.44. The van der Waals surface area contributed by atoms with Crippen LogP contribution < -0.4 is 10.4 Å². The Morgan fingerprint density at radius 2 is 1.93 bits per heavy atom. The molecular weight excluding hydrogens is 362 g/mol. The normalized spacial score (nSPS) is 14.0. The quantitative estimate of drug-likeness (QED) is 0.582. The summed E-state index contributed by atoms with van der Waals surface area (Å²) in [7, 11) is 0. The van der Waals surface area contributed by atoms with Gasteiger partial charge in [-0.15, -0.1) is 0 Å². The topological polar surface area (TPSA) is 67.2 Å². The summed E-state index contributed by atoms with van der Waals surface area (Å²) in [6.45, 7) is 4.52. The van der Waals surface area contributed by atoms with Crippen molar-refractivity contribution < 1.29 is 14.3 Å². The number of nitriles is 1. The Morgan fingerprint density at radius 1 is 1.14 bits per heavy atom. The molecule has 4 nitrogen and oxygen atoms in total. The monoisotopic (exact) mass is 387 g/mol. The molecule has 2 aromatic rings. The number of carbonyl (C=O) groups is 2. The highest BCUT2D eigenvalue weighted by molar-refractivity contribution is 6.16. The molecule has 3 rings (SSSR count). The first kappa shape index (κ1) is 20.5. The molecule has 29 heavy (non-hydrogen) atoms. The van der Waals surface area contributed by atoms with Crippen LogP contribution in [0.5, 0.6) is 0 Å². The van der Waals surface area contributed by atoms with Crippen LogP contribution in [-0.2, 0) is 9.53 Å². The third kappa shape index (κ3) is 4.46. The fraction of sp³-hybridized carbons (Fsp3) is 0.320. The number of fused-ring (bicyclic) bond motifs is 2. The summed E-state index contributed by atoms with van der Waals surface area (Å²) in [4.78, 5) is 25.4. The Hall–Kier alpha value is -3.19. The van der Waals surface area contributed by atoms with Crippen molar-refractivity contribution in [2.24, 2.45) is 5.92 Å². The van der Waals surface area contributed by atoms with Crippen LogP contribution in [-0.4, -0.2) is 18.4 Å². The van der Waals surface area contributed by atoms with E-state index >= 15 is 0 Å². The van der Waals surface area contributed by atoms with E-state index in [1.807, 2.05) is 30.3 Å². The van der Waals surface area contributed by atoms with E-state index < -0.39 is 5.97 Å². The molecule has 0 saturated carbocycles. The average Bonchev–Trinajstić information content (AvgIpc) is 2.75. The second-order valence-corrected chi connectivity index (χ2v) is 7.36. The Bertz CT molecular complexity index is 1090. The van der Waals surface area contributed by atoms with Gasteiger partial charge in [0.15, 0.2) is 5.78 Å². The molecule has 1 aliphatic carbocycles. The van der Waals surface area contributed by atoms with Gasteiger partial charge in [-0.2, -0.15) is 5.26 Å². The molecule has 0 bridgehead atoms. The van der Waals surface area contributed by atoms with Crippen molar-refractivity contribution in [1.82, 2.24) is 0 Å². The molecule has 0 amide bonds. The van der Waals surface area contributed by atoms with Crippen LogP contribution >= 0.6 is 0 Å². The molecule has 0 heterocycles. The number of unbranched alkanes of at least 4 members (excludes halogenated alkanes) is 1. The van der Waals surface area contributed by atoms with E-state index in [-0.39, 0.29) is 11.4 Å². The Balaban J connectivity index is 1.91. The molecule has 0 N–H and O–H groups in total. The lowest BCUT2D eigenvalue weighted by Gasteiger charge is -2.14. The number of hydrogen-bond acceptors (Lipinski definition) is 4. The van der Waals surface area contributed by atoms with Crippen LogP contribution in [0.3, 0.4) is 0 Å². The SMILES string of the molecule is CCCCC(CC)COC(=O)/C(C#N)=c1/ccc2c(c1)C(=O)c1ccccc1C=2. The molecule has 148 valence electrons. The van der Waals surface area contributed by atoms with Gasteiger partial charge in [-0.3, -0.25) is 4.79 Å². The maximum absolute atomic E-state index is 12.9. The van der Waals surface area contributed by atoms with Gasteiger partial charge < -0.3 is 4.74 Å². The number of ether oxygens (including phenoxy) is 1. The second-order valence-electron chi connectivity index (χ2n) is 7.36. The zero-order chi connectivity index (χ0) is 20.8. The minimum absolute atomic E-state index is 0.0650. The van der Waals surface area contributed by atoms with E-state index in [1.54, 1.807) is 24.3 Å². The lowest BCUT2D eigenvalue weighted by Crippen LogP contribution is -2.26. The van der Waals surface area contributed by atoms with Crippen molar-refractivity contribution in [3.05, 3.63) is 69.6 Å². The van der Waals surface area contributed by atoms with Gasteiger partial charge in [0.2, 0.25) is 0 Å². The molecule has 0 aromatic heterocycles. The standard InChI is InChI=1S/C25H25NO3/c1-3-5-8-17(4-2)16-29-25(28)23(15-26)20-12-11-19-13-18-9-6-7-10-21(18)24(27)22(19)14-20/h6-7,9-14,17H,3-5,8,16H2,1-2H3/b23-20-. The number of nitrogens with zero attached hydrogens (tertiary/aromatic N) is 1. The summed E-state index contributed by atoms with van der Waals surface area (Å²) in [5, 5.41) is 10.8. The highest BCUT2D eigenvalue weighted by Gasteiger charge is 2.20. The van der Waals surface area contributed by atoms with Crippen molar-refractivity contribution in [1.29, 1.82) is 5.26 Å². The van der Waals surface area contributed by atoms with E-state index in [0.29, 0.717) is 28.9 Å². The van der Waals surface area contributed by atoms with Gasteiger partial charge >= 0.3 is 5.97 Å². The van der Waals surface area contributed by atoms with E-state index in [0.717, 1.165) is 36.5 Å². The highest BCUT2D eigenvalue weighted by atomic mass is 16.5. The minimum Gasteiger partial charge on any atom is -0.461 e. The first-order valence-electron chi connectivity index (χ1n) is 10.2. The number of esters is 1. The molecular formula is C25H25NO3. The number of ketones is 1. The summed E-state index contributed by atoms with van der Waals surface area (Å²) in [6.07, 6.45) is 6.07. The van der Waals surface area contributed by atoms with Gasteiger partial charge in [-0.25, -0.2) is 4.79 Å². The van der Waals surface area contributed by atoms with Gasteiger partial charge in [-0.1, -0.05) is 69.5 Å². The van der Waals surface area contributed by atoms with Crippen molar-refractivity contribution in [3.63, 3.8) is 0 Å². The van der Waals surface area contributed by atoms with E-state index in [4.69, 9.17) is 4.74 Å². The maximum Gasteiger partial charge on any atom is 0.349 e. The number of benzene rings is 2. The summed E-state index contributed by atoms with van der Waals surface area (Å²) in [6, 6.07) is 14.5. The predicted octanol–water partition coefficient (Wildman–Crippen LogP) is 3.49. The molecule has 0 fully saturated rings. The fourth-order valence-electron chi connectivity index (χ4n) is 3.57. The molecule has 1 unspecified atom stereocenters. The van der Waals surface area contributed by atoms with Gasteiger partial charge in [0.05, 0.1) is 6.61 Å². The Labute approximate surface area is 171 Å². The number of carbonyl (C=O) groups excluding carboxylic acids is 2. The Kier molecular flexibility index (Phi) is 6.61. The average molecular weight is 387 g/mol. The van der Waals surface area contributed by atoms with Crippen LogP contribution in [0.4, 0.5) is 0 Å². The van der Waals surface area contributed by atoms with E-state index in [9.17, 15) is 14.9 Å². The molecule has 0 radical (unpaired) electrons. The highest BCUT2D eigenvalue weighted by Crippen LogP contribution is 2.17. The molecule has 0 aliphatic heterocycles. The Morgan fingerprint density at radius 3 is 2.66 bits per heavy atom. The molecule has 1 aliphatic rings. The molecule has 0 spiro atoms. The summed E-state index contributed by atoms with van der Waals surface area (Å²) >= 11 is 0. The van der Waals surface area contributed by atoms with E-state index in [2.05, 4.69) is 13.8 Å². The summed E-state index contributed by atoms with van der Waals surface area (Å²) in [5.74, 6) is -0.429. The van der Waals surface area contributed by atoms with Crippen LogP contribution in [0.25, 0.3) is 11.6 Å². The first-order valence-corrected chi connectivity index (χ1v) is 10.2. The molecule has 4 heteroatoms. The van der Waals surface area contributed by atoms with Crippen molar-refractivity contribution in [2.45, 2.75) is 39.5 Å². The van der Waals surface area contributed by atoms with Crippen LogP contribution in [0.15, 0.2) is 42.5 Å². The zero-order valence-corrected chi connectivity index (χ0v) is 16.9. The zero-order valence-electron chi connectivity index (χ0n) is 16.9. The third-order valence-corrected chi connectivity index (χ3v) is 5.41. The second kappa shape index (κ2) is 9.34. The fourth-order valence-corrected chi connectivity index (χ4v) is 3.57. The van der Waals surface area contributed by atoms with Crippen molar-refractivity contribution in [3.8, 4) is 6.07 Å². The van der Waals surface area contributed by atoms with E-state index in [1.165, 1.54) is 0 Å². The van der Waals surface area contributed by atoms with Crippen LogP contribution in [0, 0.1) is 17.2 Å². The van der Waals surface area contributed by atoms with Crippen LogP contribution in [0.2, 0.25) is 0 Å².